The van der Waals surface area contributed by atoms with Gasteiger partial charge in [-0.1, -0.05) is 44.2 Å². The third kappa shape index (κ3) is 5.33. The van der Waals surface area contributed by atoms with E-state index in [1.807, 2.05) is 36.9 Å². The fourth-order valence-corrected chi connectivity index (χ4v) is 2.81. The molecule has 0 aromatic heterocycles. The standard InChI is InChI=1S/C17H26N4O2/c1-12(2)8-19-17(23)20-16(22)11-21-9-14(15(18)10-21)13-6-4-3-5-7-13/h3-7,12,14-15H,8-11,18H2,1-2H3,(H2,19,20,22,23)/t14-,15+/m0/s1. The lowest BCUT2D eigenvalue weighted by atomic mass is 9.95. The molecule has 0 spiro atoms. The van der Waals surface area contributed by atoms with Crippen molar-refractivity contribution in [2.24, 2.45) is 11.7 Å². The quantitative estimate of drug-likeness (QED) is 0.752. The molecule has 0 unspecified atom stereocenters. The lowest BCUT2D eigenvalue weighted by Crippen LogP contribution is -2.45. The number of urea groups is 1. The molecular weight excluding hydrogens is 292 g/mol. The molecule has 3 amide bonds. The van der Waals surface area contributed by atoms with Crippen LogP contribution < -0.4 is 16.4 Å². The van der Waals surface area contributed by atoms with E-state index in [-0.39, 0.29) is 24.4 Å². The summed E-state index contributed by atoms with van der Waals surface area (Å²) in [7, 11) is 0. The Kier molecular flexibility index (Phi) is 6.12. The first kappa shape index (κ1) is 17.4. The van der Waals surface area contributed by atoms with Gasteiger partial charge in [0.25, 0.3) is 0 Å². The summed E-state index contributed by atoms with van der Waals surface area (Å²) in [4.78, 5) is 25.5. The van der Waals surface area contributed by atoms with Crippen molar-refractivity contribution < 1.29 is 9.59 Å². The molecule has 0 radical (unpaired) electrons. The number of imide groups is 1. The van der Waals surface area contributed by atoms with Crippen molar-refractivity contribution in [3.8, 4) is 0 Å². The van der Waals surface area contributed by atoms with Crippen LogP contribution in [-0.4, -0.2) is 49.1 Å². The highest BCUT2D eigenvalue weighted by Gasteiger charge is 2.32. The normalized spacial score (nSPS) is 21.4. The molecule has 2 atom stereocenters. The van der Waals surface area contributed by atoms with Crippen molar-refractivity contribution >= 4 is 11.9 Å². The molecule has 1 aliphatic heterocycles. The second kappa shape index (κ2) is 8.08. The van der Waals surface area contributed by atoms with Crippen LogP contribution in [0.3, 0.4) is 0 Å². The van der Waals surface area contributed by atoms with Gasteiger partial charge in [0.15, 0.2) is 0 Å². The van der Waals surface area contributed by atoms with Gasteiger partial charge in [0, 0.05) is 31.6 Å². The Morgan fingerprint density at radius 1 is 1.26 bits per heavy atom. The van der Waals surface area contributed by atoms with E-state index in [1.54, 1.807) is 0 Å². The van der Waals surface area contributed by atoms with Gasteiger partial charge in [-0.25, -0.2) is 4.79 Å². The smallest absolute Gasteiger partial charge is 0.321 e. The molecule has 4 N–H and O–H groups in total. The van der Waals surface area contributed by atoms with Crippen molar-refractivity contribution in [3.05, 3.63) is 35.9 Å². The molecule has 1 fully saturated rings. The van der Waals surface area contributed by atoms with E-state index in [9.17, 15) is 9.59 Å². The fourth-order valence-electron chi connectivity index (χ4n) is 2.81. The third-order valence-electron chi connectivity index (χ3n) is 3.96. The van der Waals surface area contributed by atoms with E-state index in [1.165, 1.54) is 5.56 Å². The van der Waals surface area contributed by atoms with Gasteiger partial charge >= 0.3 is 6.03 Å². The first-order chi connectivity index (χ1) is 11.0. The maximum Gasteiger partial charge on any atom is 0.321 e. The molecule has 6 heteroatoms. The van der Waals surface area contributed by atoms with Crippen molar-refractivity contribution in [3.63, 3.8) is 0 Å². The first-order valence-corrected chi connectivity index (χ1v) is 8.06. The van der Waals surface area contributed by atoms with Crippen LogP contribution in [0.25, 0.3) is 0 Å². The van der Waals surface area contributed by atoms with Crippen molar-refractivity contribution in [2.45, 2.75) is 25.8 Å². The number of amides is 3. The Morgan fingerprint density at radius 3 is 2.61 bits per heavy atom. The van der Waals surface area contributed by atoms with Crippen LogP contribution in [0.15, 0.2) is 30.3 Å². The lowest BCUT2D eigenvalue weighted by molar-refractivity contribution is -0.120. The molecule has 0 aliphatic carbocycles. The molecule has 1 heterocycles. The summed E-state index contributed by atoms with van der Waals surface area (Å²) >= 11 is 0. The molecule has 1 saturated heterocycles. The number of hydrogen-bond donors (Lipinski definition) is 3. The zero-order valence-corrected chi connectivity index (χ0v) is 13.8. The van der Waals surface area contributed by atoms with Gasteiger partial charge in [0.2, 0.25) is 5.91 Å². The molecule has 1 aromatic rings. The van der Waals surface area contributed by atoms with Gasteiger partial charge in [-0.2, -0.15) is 0 Å². The summed E-state index contributed by atoms with van der Waals surface area (Å²) in [6, 6.07) is 9.66. The minimum Gasteiger partial charge on any atom is -0.338 e. The summed E-state index contributed by atoms with van der Waals surface area (Å²) in [6.07, 6.45) is 0. The number of carbonyl (C=O) groups is 2. The molecule has 0 bridgehead atoms. The number of hydrogen-bond acceptors (Lipinski definition) is 4. The van der Waals surface area contributed by atoms with Crippen LogP contribution in [0.2, 0.25) is 0 Å². The zero-order chi connectivity index (χ0) is 16.8. The van der Waals surface area contributed by atoms with Crippen LogP contribution in [-0.2, 0) is 4.79 Å². The highest BCUT2D eigenvalue weighted by Crippen LogP contribution is 2.25. The van der Waals surface area contributed by atoms with E-state index in [4.69, 9.17) is 5.73 Å². The number of carbonyl (C=O) groups excluding carboxylic acids is 2. The molecule has 1 aromatic carbocycles. The van der Waals surface area contributed by atoms with Crippen molar-refractivity contribution in [2.75, 3.05) is 26.2 Å². The predicted octanol–water partition coefficient (Wildman–Crippen LogP) is 0.895. The van der Waals surface area contributed by atoms with Crippen molar-refractivity contribution in [1.82, 2.24) is 15.5 Å². The van der Waals surface area contributed by atoms with Gasteiger partial charge in [0.05, 0.1) is 6.54 Å². The van der Waals surface area contributed by atoms with E-state index in [0.29, 0.717) is 19.0 Å². The topological polar surface area (TPSA) is 87.5 Å². The Bertz CT molecular complexity index is 533. The highest BCUT2D eigenvalue weighted by atomic mass is 16.2. The Morgan fingerprint density at radius 2 is 1.96 bits per heavy atom. The Hall–Kier alpha value is -1.92. The average molecular weight is 318 g/mol. The Labute approximate surface area is 137 Å². The summed E-state index contributed by atoms with van der Waals surface area (Å²) in [5.74, 6) is 0.269. The summed E-state index contributed by atoms with van der Waals surface area (Å²) in [6.45, 7) is 6.11. The van der Waals surface area contributed by atoms with E-state index in [0.717, 1.165) is 6.54 Å². The first-order valence-electron chi connectivity index (χ1n) is 8.06. The second-order valence-corrected chi connectivity index (χ2v) is 6.53. The van der Waals surface area contributed by atoms with Gasteiger partial charge in [0.1, 0.15) is 0 Å². The minimum absolute atomic E-state index is 0.0000301. The number of rotatable bonds is 5. The molecule has 0 saturated carbocycles. The SMILES string of the molecule is CC(C)CNC(=O)NC(=O)CN1C[C@@H](N)[C@H](c2ccccc2)C1. The summed E-state index contributed by atoms with van der Waals surface area (Å²) in [5.41, 5.74) is 7.40. The largest absolute Gasteiger partial charge is 0.338 e. The fraction of sp³-hybridized carbons (Fsp3) is 0.529. The molecule has 6 nitrogen and oxygen atoms in total. The maximum absolute atomic E-state index is 11.9. The third-order valence-corrected chi connectivity index (χ3v) is 3.96. The van der Waals surface area contributed by atoms with Crippen LogP contribution in [0, 0.1) is 5.92 Å². The number of nitrogens with zero attached hydrogens (tertiary/aromatic N) is 1. The molecule has 126 valence electrons. The number of nitrogens with one attached hydrogen (secondary N) is 2. The Balaban J connectivity index is 1.80. The minimum atomic E-state index is -0.438. The van der Waals surface area contributed by atoms with Crippen LogP contribution in [0.5, 0.6) is 0 Å². The zero-order valence-electron chi connectivity index (χ0n) is 13.8. The maximum atomic E-state index is 11.9. The van der Waals surface area contributed by atoms with Crippen molar-refractivity contribution in [1.29, 1.82) is 0 Å². The monoisotopic (exact) mass is 318 g/mol. The number of benzene rings is 1. The van der Waals surface area contributed by atoms with E-state index < -0.39 is 6.03 Å². The van der Waals surface area contributed by atoms with Crippen LogP contribution in [0.1, 0.15) is 25.3 Å². The predicted molar refractivity (Wildman–Crippen MR) is 90.0 cm³/mol. The second-order valence-electron chi connectivity index (χ2n) is 6.53. The van der Waals surface area contributed by atoms with Crippen LogP contribution >= 0.6 is 0 Å². The summed E-state index contributed by atoms with van der Waals surface area (Å²) in [5, 5.41) is 5.03. The average Bonchev–Trinajstić information content (AvgIpc) is 2.86. The van der Waals surface area contributed by atoms with Crippen LogP contribution in [0.4, 0.5) is 4.79 Å². The van der Waals surface area contributed by atoms with E-state index >= 15 is 0 Å². The number of likely N-dealkylation sites (tertiary alicyclic amines) is 1. The van der Waals surface area contributed by atoms with Gasteiger partial charge in [-0.15, -0.1) is 0 Å². The van der Waals surface area contributed by atoms with Gasteiger partial charge < -0.3 is 11.1 Å². The van der Waals surface area contributed by atoms with Gasteiger partial charge in [-0.05, 0) is 11.5 Å². The molecule has 23 heavy (non-hydrogen) atoms. The molecule has 2 rings (SSSR count). The van der Waals surface area contributed by atoms with E-state index in [2.05, 4.69) is 22.8 Å². The van der Waals surface area contributed by atoms with Gasteiger partial charge in [-0.3, -0.25) is 15.0 Å². The molecule has 1 aliphatic rings. The lowest BCUT2D eigenvalue weighted by Gasteiger charge is -2.16. The number of nitrogens with two attached hydrogens (primary N) is 1. The summed E-state index contributed by atoms with van der Waals surface area (Å²) < 4.78 is 0. The molecular formula is C17H26N4O2. The highest BCUT2D eigenvalue weighted by molar-refractivity contribution is 5.95.